The summed E-state index contributed by atoms with van der Waals surface area (Å²) in [6.45, 7) is 10.9. The zero-order chi connectivity index (χ0) is 39.0. The van der Waals surface area contributed by atoms with Crippen LogP contribution in [0.2, 0.25) is 0 Å². The summed E-state index contributed by atoms with van der Waals surface area (Å²) < 4.78 is 12.6. The molecule has 2 atom stereocenters. The minimum Gasteiger partial charge on any atom is -0.464 e. The highest BCUT2D eigenvalue weighted by atomic mass is 16.5. The Bertz CT molecular complexity index is 942. The quantitative estimate of drug-likeness (QED) is 0.0555. The predicted molar refractivity (Wildman–Crippen MR) is 227 cm³/mol. The van der Waals surface area contributed by atoms with Crippen molar-refractivity contribution < 1.29 is 24.2 Å². The Morgan fingerprint density at radius 3 is 1.49 bits per heavy atom. The van der Waals surface area contributed by atoms with Crippen LogP contribution in [0.15, 0.2) is 0 Å². The summed E-state index contributed by atoms with van der Waals surface area (Å²) in [5.74, 6) is 1.58. The SMILES string of the molecule is CCCCCCCCC(CCC1CCC1)C(=O)OCC(COC(=O)C(CCCCCCCC)CCC1CCC1)N1CCC2(CCN(CCCCO)CC2)CC1. The van der Waals surface area contributed by atoms with Crippen LogP contribution in [0.25, 0.3) is 0 Å². The lowest BCUT2D eigenvalue weighted by Crippen LogP contribution is -2.52. The maximum Gasteiger partial charge on any atom is 0.308 e. The number of hydrogen-bond donors (Lipinski definition) is 1. The van der Waals surface area contributed by atoms with Crippen LogP contribution in [-0.2, 0) is 19.1 Å². The Kier molecular flexibility index (Phi) is 23.3. The fourth-order valence-corrected chi connectivity index (χ4v) is 9.95. The van der Waals surface area contributed by atoms with E-state index in [1.165, 1.54) is 128 Å². The van der Waals surface area contributed by atoms with E-state index in [-0.39, 0.29) is 29.8 Å². The van der Waals surface area contributed by atoms with E-state index in [0.29, 0.717) is 25.2 Å². The molecule has 2 heterocycles. The van der Waals surface area contributed by atoms with Crippen LogP contribution < -0.4 is 0 Å². The van der Waals surface area contributed by atoms with Gasteiger partial charge in [0.15, 0.2) is 0 Å². The molecule has 4 fully saturated rings. The van der Waals surface area contributed by atoms with Gasteiger partial charge in [0, 0.05) is 6.61 Å². The van der Waals surface area contributed by atoms with Crippen molar-refractivity contribution in [1.29, 1.82) is 0 Å². The summed E-state index contributed by atoms with van der Waals surface area (Å²) in [5, 5.41) is 9.22. The Morgan fingerprint density at radius 1 is 0.600 bits per heavy atom. The molecule has 4 rings (SSSR count). The molecule has 2 saturated heterocycles. The van der Waals surface area contributed by atoms with Gasteiger partial charge >= 0.3 is 11.9 Å². The maximum absolute atomic E-state index is 13.9. The lowest BCUT2D eigenvalue weighted by molar-refractivity contribution is -0.156. The smallest absolute Gasteiger partial charge is 0.308 e. The van der Waals surface area contributed by atoms with Crippen molar-refractivity contribution in [2.24, 2.45) is 29.1 Å². The third kappa shape index (κ3) is 17.7. The molecule has 2 saturated carbocycles. The van der Waals surface area contributed by atoms with Gasteiger partial charge in [0.1, 0.15) is 13.2 Å². The van der Waals surface area contributed by atoms with Gasteiger partial charge in [0.25, 0.3) is 0 Å². The van der Waals surface area contributed by atoms with Crippen molar-refractivity contribution >= 4 is 11.9 Å². The van der Waals surface area contributed by atoms with E-state index in [2.05, 4.69) is 23.6 Å². The summed E-state index contributed by atoms with van der Waals surface area (Å²) >= 11 is 0. The third-order valence-electron chi connectivity index (χ3n) is 14.8. The molecule has 0 amide bonds. The molecule has 320 valence electrons. The van der Waals surface area contributed by atoms with E-state index >= 15 is 0 Å². The number of ether oxygens (including phenoxy) is 2. The number of carbonyl (C=O) groups is 2. The fraction of sp³-hybridized carbons (Fsp3) is 0.958. The molecule has 0 bridgehead atoms. The van der Waals surface area contributed by atoms with Gasteiger partial charge in [-0.15, -0.1) is 0 Å². The molecule has 0 aromatic heterocycles. The second-order valence-corrected chi connectivity index (χ2v) is 19.0. The van der Waals surface area contributed by atoms with Crippen LogP contribution in [-0.4, -0.2) is 85.4 Å². The lowest BCUT2D eigenvalue weighted by atomic mass is 9.71. The van der Waals surface area contributed by atoms with Gasteiger partial charge in [-0.2, -0.15) is 0 Å². The molecule has 2 aliphatic heterocycles. The molecular weight excluding hydrogens is 685 g/mol. The number of nitrogens with zero attached hydrogens (tertiary/aromatic N) is 2. The number of aliphatic hydroxyl groups excluding tert-OH is 1. The van der Waals surface area contributed by atoms with Crippen LogP contribution in [0.1, 0.15) is 206 Å². The first-order valence-corrected chi connectivity index (χ1v) is 24.4. The summed E-state index contributed by atoms with van der Waals surface area (Å²) in [4.78, 5) is 32.8. The van der Waals surface area contributed by atoms with Gasteiger partial charge in [0.2, 0.25) is 0 Å². The zero-order valence-electron chi connectivity index (χ0n) is 36.2. The van der Waals surface area contributed by atoms with Crippen molar-refractivity contribution in [2.75, 3.05) is 52.5 Å². The second kappa shape index (κ2) is 27.5. The molecular formula is C48H88N2O5. The van der Waals surface area contributed by atoms with Crippen LogP contribution in [0.5, 0.6) is 0 Å². The van der Waals surface area contributed by atoms with Crippen molar-refractivity contribution in [2.45, 2.75) is 213 Å². The molecule has 2 unspecified atom stereocenters. The molecule has 0 aromatic rings. The Labute approximate surface area is 339 Å². The number of carbonyl (C=O) groups excluding carboxylic acids is 2. The second-order valence-electron chi connectivity index (χ2n) is 19.0. The third-order valence-corrected chi connectivity index (χ3v) is 14.8. The van der Waals surface area contributed by atoms with Gasteiger partial charge in [-0.25, -0.2) is 0 Å². The first-order valence-electron chi connectivity index (χ1n) is 24.4. The van der Waals surface area contributed by atoms with Crippen LogP contribution in [0.3, 0.4) is 0 Å². The molecule has 7 heteroatoms. The number of piperidine rings is 2. The largest absolute Gasteiger partial charge is 0.464 e. The molecule has 2 aliphatic carbocycles. The molecule has 0 aromatic carbocycles. The monoisotopic (exact) mass is 773 g/mol. The number of aliphatic hydroxyl groups is 1. The first kappa shape index (κ1) is 46.5. The first-order chi connectivity index (χ1) is 26.9. The van der Waals surface area contributed by atoms with Crippen molar-refractivity contribution in [3.05, 3.63) is 0 Å². The lowest BCUT2D eigenvalue weighted by Gasteiger charge is -2.48. The van der Waals surface area contributed by atoms with E-state index in [1.54, 1.807) is 0 Å². The van der Waals surface area contributed by atoms with Crippen LogP contribution in [0.4, 0.5) is 0 Å². The number of rotatable bonds is 31. The van der Waals surface area contributed by atoms with Crippen molar-refractivity contribution in [1.82, 2.24) is 9.80 Å². The molecule has 4 aliphatic rings. The Balaban J connectivity index is 1.34. The molecule has 0 radical (unpaired) electrons. The predicted octanol–water partition coefficient (Wildman–Crippen LogP) is 11.3. The van der Waals surface area contributed by atoms with Crippen molar-refractivity contribution in [3.8, 4) is 0 Å². The summed E-state index contributed by atoms with van der Waals surface area (Å²) in [6, 6.07) is -0.0773. The average molecular weight is 773 g/mol. The highest BCUT2D eigenvalue weighted by Crippen LogP contribution is 2.42. The molecule has 1 N–H and O–H groups in total. The van der Waals surface area contributed by atoms with E-state index in [1.807, 2.05) is 0 Å². The molecule has 1 spiro atoms. The standard InChI is InChI=1S/C48H88N2O5/c1-3-5-7-9-11-13-23-43(27-25-41-19-17-20-41)46(52)54-39-45(50-36-31-48(32-37-50)29-34-49(35-30-48)33-15-16-38-51)40-55-47(53)44(28-26-42-21-18-22-42)24-14-12-10-8-6-4-2/h41-45,51H,3-40H2,1-2H3. The molecule has 55 heavy (non-hydrogen) atoms. The minimum absolute atomic E-state index is 0.00428. The average Bonchev–Trinajstić information content (AvgIpc) is 3.16. The van der Waals surface area contributed by atoms with Crippen LogP contribution in [0, 0.1) is 29.1 Å². The highest BCUT2D eigenvalue weighted by Gasteiger charge is 2.39. The molecule has 7 nitrogen and oxygen atoms in total. The number of esters is 2. The van der Waals surface area contributed by atoms with Crippen LogP contribution >= 0.6 is 0 Å². The van der Waals surface area contributed by atoms with E-state index in [0.717, 1.165) is 109 Å². The summed E-state index contributed by atoms with van der Waals surface area (Å²) in [6.07, 6.45) is 35.8. The Hall–Kier alpha value is -1.18. The number of unbranched alkanes of at least 4 members (excludes halogenated alkanes) is 11. The van der Waals surface area contributed by atoms with E-state index in [4.69, 9.17) is 9.47 Å². The van der Waals surface area contributed by atoms with Gasteiger partial charge in [-0.05, 0) is 127 Å². The maximum atomic E-state index is 13.9. The summed E-state index contributed by atoms with van der Waals surface area (Å²) in [7, 11) is 0. The zero-order valence-corrected chi connectivity index (χ0v) is 36.2. The van der Waals surface area contributed by atoms with Gasteiger partial charge in [-0.3, -0.25) is 14.5 Å². The van der Waals surface area contributed by atoms with Gasteiger partial charge in [-0.1, -0.05) is 129 Å². The van der Waals surface area contributed by atoms with Crippen molar-refractivity contribution in [3.63, 3.8) is 0 Å². The summed E-state index contributed by atoms with van der Waals surface area (Å²) in [5.41, 5.74) is 0.398. The highest BCUT2D eigenvalue weighted by molar-refractivity contribution is 5.73. The normalized spacial score (nSPS) is 21.1. The fourth-order valence-electron chi connectivity index (χ4n) is 9.95. The number of hydrogen-bond acceptors (Lipinski definition) is 7. The van der Waals surface area contributed by atoms with E-state index in [9.17, 15) is 14.7 Å². The minimum atomic E-state index is -0.0773. The Morgan fingerprint density at radius 2 is 1.05 bits per heavy atom. The van der Waals surface area contributed by atoms with E-state index < -0.39 is 0 Å². The van der Waals surface area contributed by atoms with Gasteiger partial charge in [0.05, 0.1) is 17.9 Å². The van der Waals surface area contributed by atoms with Gasteiger partial charge < -0.3 is 19.5 Å². The topological polar surface area (TPSA) is 79.3 Å². The number of likely N-dealkylation sites (tertiary alicyclic amines) is 2.